The number of piperidine rings is 1. The summed E-state index contributed by atoms with van der Waals surface area (Å²) in [5, 5.41) is 2.50. The highest BCUT2D eigenvalue weighted by atomic mass is 35.5. The van der Waals surface area contributed by atoms with Crippen molar-refractivity contribution in [3.63, 3.8) is 0 Å². The molecule has 0 aliphatic carbocycles. The average Bonchev–Trinajstić information content (AvgIpc) is 2.67. The van der Waals surface area contributed by atoms with Crippen molar-refractivity contribution < 1.29 is 18.0 Å². The first-order valence-corrected chi connectivity index (χ1v) is 9.20. The van der Waals surface area contributed by atoms with E-state index >= 15 is 0 Å². The number of carbonyl (C=O) groups excluding carboxylic acids is 1. The van der Waals surface area contributed by atoms with Gasteiger partial charge in [-0.05, 0) is 54.7 Å². The molecule has 1 fully saturated rings. The molecule has 1 aliphatic rings. The van der Waals surface area contributed by atoms with Crippen LogP contribution in [0.15, 0.2) is 36.5 Å². The second-order valence-corrected chi connectivity index (χ2v) is 7.15. The number of rotatable bonds is 4. The molecule has 10 heteroatoms. The zero-order valence-corrected chi connectivity index (χ0v) is 18.0. The zero-order valence-electron chi connectivity index (χ0n) is 16.4. The molecule has 1 aliphatic heterocycles. The third kappa shape index (κ3) is 6.48. The number of pyridine rings is 1. The molecule has 0 atom stereocenters. The number of anilines is 2. The van der Waals surface area contributed by atoms with E-state index in [0.29, 0.717) is 5.92 Å². The Morgan fingerprint density at radius 1 is 1.20 bits per heavy atom. The van der Waals surface area contributed by atoms with Crippen molar-refractivity contribution in [1.82, 2.24) is 4.98 Å². The number of amides is 1. The summed E-state index contributed by atoms with van der Waals surface area (Å²) in [5.74, 6) is 0.980. The molecule has 30 heavy (non-hydrogen) atoms. The molecular formula is C20H25Cl2F3N4O. The van der Waals surface area contributed by atoms with Crippen LogP contribution in [0, 0.1) is 5.92 Å². The number of nitrogens with zero attached hydrogens (tertiary/aromatic N) is 2. The maximum absolute atomic E-state index is 13.0. The van der Waals surface area contributed by atoms with Gasteiger partial charge in [0, 0.05) is 31.5 Å². The monoisotopic (exact) mass is 464 g/mol. The van der Waals surface area contributed by atoms with E-state index in [1.54, 1.807) is 12.1 Å². The normalized spacial score (nSPS) is 14.5. The molecule has 1 amide bonds. The van der Waals surface area contributed by atoms with Crippen LogP contribution in [0.2, 0.25) is 0 Å². The Bertz CT molecular complexity index is 839. The van der Waals surface area contributed by atoms with Crippen LogP contribution in [-0.2, 0) is 12.7 Å². The van der Waals surface area contributed by atoms with Crippen LogP contribution in [0.4, 0.5) is 24.7 Å². The summed E-state index contributed by atoms with van der Waals surface area (Å²) in [6, 6.07) is 6.71. The lowest BCUT2D eigenvalue weighted by atomic mass is 9.99. The van der Waals surface area contributed by atoms with Crippen LogP contribution in [0.5, 0.6) is 0 Å². The van der Waals surface area contributed by atoms with Gasteiger partial charge in [0.25, 0.3) is 5.91 Å². The van der Waals surface area contributed by atoms with Gasteiger partial charge < -0.3 is 16.0 Å². The minimum absolute atomic E-state index is 0. The third-order valence-electron chi connectivity index (χ3n) is 4.93. The Hall–Kier alpha value is -2.03. The standard InChI is InChI=1S/C20H23F3N4O.2ClH/c1-13-4-6-27(7-5-13)18-3-2-15(12-25-18)19(28)26-17-9-14(11-24)8-16(10-17)20(21,22)23;;/h2-3,8-10,12-13H,4-7,11,24H2,1H3,(H,26,28);2*1H. The summed E-state index contributed by atoms with van der Waals surface area (Å²) in [6.07, 6.45) is -0.869. The summed E-state index contributed by atoms with van der Waals surface area (Å²) < 4.78 is 39.1. The molecular weight excluding hydrogens is 440 g/mol. The van der Waals surface area contributed by atoms with E-state index < -0.39 is 17.6 Å². The Kier molecular flexibility index (Phi) is 9.39. The summed E-state index contributed by atoms with van der Waals surface area (Å²) in [6.45, 7) is 4.01. The minimum atomic E-state index is -4.51. The topological polar surface area (TPSA) is 71.2 Å². The van der Waals surface area contributed by atoms with Crippen LogP contribution >= 0.6 is 24.8 Å². The first-order chi connectivity index (χ1) is 13.3. The molecule has 2 aromatic rings. The first-order valence-electron chi connectivity index (χ1n) is 9.20. The van der Waals surface area contributed by atoms with E-state index in [1.165, 1.54) is 12.3 Å². The number of carbonyl (C=O) groups is 1. The van der Waals surface area contributed by atoms with Crippen molar-refractivity contribution in [1.29, 1.82) is 0 Å². The van der Waals surface area contributed by atoms with Gasteiger partial charge >= 0.3 is 6.18 Å². The van der Waals surface area contributed by atoms with Gasteiger partial charge in [-0.2, -0.15) is 13.2 Å². The molecule has 1 aromatic carbocycles. The van der Waals surface area contributed by atoms with Crippen molar-refractivity contribution in [3.05, 3.63) is 53.2 Å². The Labute approximate surface area is 186 Å². The lowest BCUT2D eigenvalue weighted by Gasteiger charge is -2.31. The highest BCUT2D eigenvalue weighted by molar-refractivity contribution is 6.04. The van der Waals surface area contributed by atoms with Gasteiger partial charge in [-0.15, -0.1) is 24.8 Å². The Balaban J connectivity index is 0.00000225. The molecule has 0 spiro atoms. The predicted octanol–water partition coefficient (Wildman–Crippen LogP) is 4.89. The number of nitrogens with one attached hydrogen (secondary N) is 1. The Morgan fingerprint density at radius 2 is 1.87 bits per heavy atom. The molecule has 0 radical (unpaired) electrons. The quantitative estimate of drug-likeness (QED) is 0.675. The lowest BCUT2D eigenvalue weighted by Crippen LogP contribution is -2.33. The highest BCUT2D eigenvalue weighted by Crippen LogP contribution is 2.32. The second-order valence-electron chi connectivity index (χ2n) is 7.15. The number of nitrogens with two attached hydrogens (primary N) is 1. The smallest absolute Gasteiger partial charge is 0.357 e. The third-order valence-corrected chi connectivity index (χ3v) is 4.93. The van der Waals surface area contributed by atoms with Gasteiger partial charge in [0.2, 0.25) is 0 Å². The minimum Gasteiger partial charge on any atom is -0.357 e. The maximum atomic E-state index is 13.0. The van der Waals surface area contributed by atoms with Crippen LogP contribution in [-0.4, -0.2) is 24.0 Å². The largest absolute Gasteiger partial charge is 0.416 e. The molecule has 0 unspecified atom stereocenters. The molecule has 3 N–H and O–H groups in total. The SMILES string of the molecule is CC1CCN(c2ccc(C(=O)Nc3cc(CN)cc(C(F)(F)F)c3)cn2)CC1.Cl.Cl. The van der Waals surface area contributed by atoms with Crippen molar-refractivity contribution >= 4 is 42.2 Å². The molecule has 2 heterocycles. The molecule has 166 valence electrons. The summed E-state index contributed by atoms with van der Waals surface area (Å²) in [5.41, 5.74) is 5.24. The summed E-state index contributed by atoms with van der Waals surface area (Å²) in [7, 11) is 0. The van der Waals surface area contributed by atoms with Gasteiger partial charge in [-0.3, -0.25) is 4.79 Å². The van der Waals surface area contributed by atoms with Crippen molar-refractivity contribution in [2.75, 3.05) is 23.3 Å². The molecule has 0 bridgehead atoms. The van der Waals surface area contributed by atoms with E-state index in [1.807, 2.05) is 0 Å². The fourth-order valence-corrected chi connectivity index (χ4v) is 3.19. The fourth-order valence-electron chi connectivity index (χ4n) is 3.19. The van der Waals surface area contributed by atoms with E-state index in [-0.39, 0.29) is 48.2 Å². The van der Waals surface area contributed by atoms with Gasteiger partial charge in [0.1, 0.15) is 5.82 Å². The van der Waals surface area contributed by atoms with Crippen LogP contribution in [0.25, 0.3) is 0 Å². The molecule has 0 saturated carbocycles. The number of benzene rings is 1. The number of alkyl halides is 3. The van der Waals surface area contributed by atoms with Crippen LogP contribution < -0.4 is 16.0 Å². The maximum Gasteiger partial charge on any atom is 0.416 e. The lowest BCUT2D eigenvalue weighted by molar-refractivity contribution is -0.137. The molecule has 1 saturated heterocycles. The van der Waals surface area contributed by atoms with Gasteiger partial charge in [-0.1, -0.05) is 6.92 Å². The number of hydrogen-bond acceptors (Lipinski definition) is 4. The van der Waals surface area contributed by atoms with Crippen LogP contribution in [0.3, 0.4) is 0 Å². The highest BCUT2D eigenvalue weighted by Gasteiger charge is 2.31. The van der Waals surface area contributed by atoms with Gasteiger partial charge in [-0.25, -0.2) is 4.98 Å². The van der Waals surface area contributed by atoms with Gasteiger partial charge in [0.05, 0.1) is 11.1 Å². The number of hydrogen-bond donors (Lipinski definition) is 2. The first kappa shape index (κ1) is 26.0. The van der Waals surface area contributed by atoms with E-state index in [4.69, 9.17) is 5.73 Å². The second kappa shape index (κ2) is 10.8. The van der Waals surface area contributed by atoms with Crippen LogP contribution in [0.1, 0.15) is 41.3 Å². The van der Waals surface area contributed by atoms with E-state index in [9.17, 15) is 18.0 Å². The number of aromatic nitrogens is 1. The molecule has 5 nitrogen and oxygen atoms in total. The molecule has 1 aromatic heterocycles. The predicted molar refractivity (Wildman–Crippen MR) is 117 cm³/mol. The summed E-state index contributed by atoms with van der Waals surface area (Å²) in [4.78, 5) is 18.9. The van der Waals surface area contributed by atoms with Gasteiger partial charge in [0.15, 0.2) is 0 Å². The van der Waals surface area contributed by atoms with E-state index in [0.717, 1.165) is 43.9 Å². The van der Waals surface area contributed by atoms with Crippen molar-refractivity contribution in [2.24, 2.45) is 11.7 Å². The average molecular weight is 465 g/mol. The van der Waals surface area contributed by atoms with Crippen molar-refractivity contribution in [3.8, 4) is 0 Å². The van der Waals surface area contributed by atoms with Crippen molar-refractivity contribution in [2.45, 2.75) is 32.5 Å². The van der Waals surface area contributed by atoms with E-state index in [2.05, 4.69) is 22.1 Å². The fraction of sp³-hybridized carbons (Fsp3) is 0.400. The Morgan fingerprint density at radius 3 is 2.40 bits per heavy atom. The summed E-state index contributed by atoms with van der Waals surface area (Å²) >= 11 is 0. The molecule has 3 rings (SSSR count). The zero-order chi connectivity index (χ0) is 20.3. The number of halogens is 5.